The molecule has 1 aliphatic heterocycles. The second-order valence-electron chi connectivity index (χ2n) is 5.32. The quantitative estimate of drug-likeness (QED) is 0.808. The number of carbonyl (C=O) groups is 1. The van der Waals surface area contributed by atoms with Crippen molar-refractivity contribution in [2.45, 2.75) is 32.2 Å². The molecule has 1 aliphatic rings. The SMILES string of the molecule is CCCN(CC1CCCN1)C(=O)/C=C/c1ccccc1. The van der Waals surface area contributed by atoms with Crippen LogP contribution in [0.15, 0.2) is 36.4 Å². The Bertz CT molecular complexity index is 436. The highest BCUT2D eigenvalue weighted by Gasteiger charge is 2.19. The number of carbonyl (C=O) groups excluding carboxylic acids is 1. The molecule has 0 radical (unpaired) electrons. The molecule has 0 spiro atoms. The normalized spacial score (nSPS) is 18.6. The summed E-state index contributed by atoms with van der Waals surface area (Å²) >= 11 is 0. The smallest absolute Gasteiger partial charge is 0.246 e. The molecule has 1 heterocycles. The molecule has 3 heteroatoms. The molecule has 0 bridgehead atoms. The third-order valence-corrected chi connectivity index (χ3v) is 3.63. The third-order valence-electron chi connectivity index (χ3n) is 3.63. The number of hydrogen-bond acceptors (Lipinski definition) is 2. The van der Waals surface area contributed by atoms with Crippen molar-refractivity contribution in [3.8, 4) is 0 Å². The molecule has 1 N–H and O–H groups in total. The van der Waals surface area contributed by atoms with E-state index < -0.39 is 0 Å². The van der Waals surface area contributed by atoms with Gasteiger partial charge >= 0.3 is 0 Å². The lowest BCUT2D eigenvalue weighted by Gasteiger charge is -2.24. The van der Waals surface area contributed by atoms with Crippen molar-refractivity contribution in [2.75, 3.05) is 19.6 Å². The molecule has 108 valence electrons. The van der Waals surface area contributed by atoms with E-state index in [0.717, 1.165) is 31.6 Å². The molecule has 1 amide bonds. The van der Waals surface area contributed by atoms with Gasteiger partial charge in [0.1, 0.15) is 0 Å². The second-order valence-corrected chi connectivity index (χ2v) is 5.32. The number of hydrogen-bond donors (Lipinski definition) is 1. The fourth-order valence-electron chi connectivity index (χ4n) is 2.58. The van der Waals surface area contributed by atoms with Gasteiger partial charge in [0, 0.05) is 25.2 Å². The lowest BCUT2D eigenvalue weighted by molar-refractivity contribution is -0.126. The molecule has 1 unspecified atom stereocenters. The number of nitrogens with one attached hydrogen (secondary N) is 1. The maximum absolute atomic E-state index is 12.3. The summed E-state index contributed by atoms with van der Waals surface area (Å²) in [5.41, 5.74) is 1.07. The highest BCUT2D eigenvalue weighted by atomic mass is 16.2. The lowest BCUT2D eigenvalue weighted by atomic mass is 10.2. The zero-order valence-electron chi connectivity index (χ0n) is 12.2. The minimum atomic E-state index is 0.115. The van der Waals surface area contributed by atoms with Gasteiger partial charge in [-0.2, -0.15) is 0 Å². The first-order valence-corrected chi connectivity index (χ1v) is 7.55. The molecule has 0 aromatic heterocycles. The Morgan fingerprint density at radius 1 is 1.40 bits per heavy atom. The van der Waals surface area contributed by atoms with Gasteiger partial charge in [-0.1, -0.05) is 37.3 Å². The summed E-state index contributed by atoms with van der Waals surface area (Å²) in [5, 5.41) is 3.46. The van der Waals surface area contributed by atoms with Crippen LogP contribution >= 0.6 is 0 Å². The third kappa shape index (κ3) is 4.49. The van der Waals surface area contributed by atoms with E-state index in [9.17, 15) is 4.79 Å². The van der Waals surface area contributed by atoms with Crippen LogP contribution in [0.25, 0.3) is 6.08 Å². The van der Waals surface area contributed by atoms with Crippen molar-refractivity contribution in [3.05, 3.63) is 42.0 Å². The monoisotopic (exact) mass is 272 g/mol. The molecular weight excluding hydrogens is 248 g/mol. The Kier molecular flexibility index (Phi) is 5.81. The van der Waals surface area contributed by atoms with Crippen LogP contribution in [0.4, 0.5) is 0 Å². The number of rotatable bonds is 6. The summed E-state index contributed by atoms with van der Waals surface area (Å²) in [6.07, 6.45) is 6.99. The number of nitrogens with zero attached hydrogens (tertiary/aromatic N) is 1. The van der Waals surface area contributed by atoms with Gasteiger partial charge in [-0.3, -0.25) is 4.79 Å². The zero-order chi connectivity index (χ0) is 14.2. The molecular formula is C17H24N2O. The molecule has 1 fully saturated rings. The molecule has 2 rings (SSSR count). The molecule has 0 saturated carbocycles. The fraction of sp³-hybridized carbons (Fsp3) is 0.471. The standard InChI is InChI=1S/C17H24N2O/c1-2-13-19(14-16-9-6-12-18-16)17(20)11-10-15-7-4-3-5-8-15/h3-5,7-8,10-11,16,18H,2,6,9,12-14H2,1H3/b11-10+. The van der Waals surface area contributed by atoms with Gasteiger partial charge in [0.05, 0.1) is 0 Å². The van der Waals surface area contributed by atoms with Gasteiger partial charge in [0.15, 0.2) is 0 Å². The van der Waals surface area contributed by atoms with E-state index in [1.54, 1.807) is 6.08 Å². The summed E-state index contributed by atoms with van der Waals surface area (Å²) in [6, 6.07) is 10.4. The summed E-state index contributed by atoms with van der Waals surface area (Å²) in [5.74, 6) is 0.115. The summed E-state index contributed by atoms with van der Waals surface area (Å²) in [7, 11) is 0. The van der Waals surface area contributed by atoms with E-state index in [4.69, 9.17) is 0 Å². The van der Waals surface area contributed by atoms with Crippen molar-refractivity contribution in [2.24, 2.45) is 0 Å². The van der Waals surface area contributed by atoms with Gasteiger partial charge < -0.3 is 10.2 Å². The first kappa shape index (κ1) is 14.8. The maximum Gasteiger partial charge on any atom is 0.246 e. The molecule has 1 atom stereocenters. The molecule has 1 saturated heterocycles. The van der Waals surface area contributed by atoms with Crippen LogP contribution in [0.1, 0.15) is 31.7 Å². The Balaban J connectivity index is 1.93. The first-order chi connectivity index (χ1) is 9.79. The van der Waals surface area contributed by atoms with Crippen molar-refractivity contribution >= 4 is 12.0 Å². The maximum atomic E-state index is 12.3. The molecule has 3 nitrogen and oxygen atoms in total. The summed E-state index contributed by atoms with van der Waals surface area (Å²) in [6.45, 7) is 4.85. The Hall–Kier alpha value is -1.61. The predicted molar refractivity (Wildman–Crippen MR) is 83.4 cm³/mol. The fourth-order valence-corrected chi connectivity index (χ4v) is 2.58. The summed E-state index contributed by atoms with van der Waals surface area (Å²) < 4.78 is 0. The minimum Gasteiger partial charge on any atom is -0.338 e. The van der Waals surface area contributed by atoms with Gasteiger partial charge in [-0.25, -0.2) is 0 Å². The number of benzene rings is 1. The largest absolute Gasteiger partial charge is 0.338 e. The van der Waals surface area contributed by atoms with E-state index in [2.05, 4.69) is 12.2 Å². The molecule has 20 heavy (non-hydrogen) atoms. The van der Waals surface area contributed by atoms with Crippen molar-refractivity contribution < 1.29 is 4.79 Å². The van der Waals surface area contributed by atoms with Crippen molar-refractivity contribution in [1.29, 1.82) is 0 Å². The zero-order valence-corrected chi connectivity index (χ0v) is 12.2. The highest BCUT2D eigenvalue weighted by Crippen LogP contribution is 2.09. The summed E-state index contributed by atoms with van der Waals surface area (Å²) in [4.78, 5) is 14.3. The van der Waals surface area contributed by atoms with Crippen molar-refractivity contribution in [3.63, 3.8) is 0 Å². The minimum absolute atomic E-state index is 0.115. The van der Waals surface area contributed by atoms with Crippen LogP contribution in [0, 0.1) is 0 Å². The van der Waals surface area contributed by atoms with Crippen LogP contribution in [0.5, 0.6) is 0 Å². The van der Waals surface area contributed by atoms with Gasteiger partial charge in [-0.15, -0.1) is 0 Å². The molecule has 0 aliphatic carbocycles. The second kappa shape index (κ2) is 7.85. The van der Waals surface area contributed by atoms with Crippen LogP contribution in [0.2, 0.25) is 0 Å². The molecule has 1 aromatic rings. The highest BCUT2D eigenvalue weighted by molar-refractivity contribution is 5.91. The first-order valence-electron chi connectivity index (χ1n) is 7.55. The Labute approximate surface area is 121 Å². The van der Waals surface area contributed by atoms with E-state index in [1.807, 2.05) is 41.3 Å². The van der Waals surface area contributed by atoms with E-state index >= 15 is 0 Å². The Morgan fingerprint density at radius 2 is 2.20 bits per heavy atom. The topological polar surface area (TPSA) is 32.3 Å². The average molecular weight is 272 g/mol. The van der Waals surface area contributed by atoms with Gasteiger partial charge in [-0.05, 0) is 37.4 Å². The van der Waals surface area contributed by atoms with Crippen LogP contribution in [-0.4, -0.2) is 36.5 Å². The van der Waals surface area contributed by atoms with Crippen LogP contribution in [0.3, 0.4) is 0 Å². The van der Waals surface area contributed by atoms with Crippen molar-refractivity contribution in [1.82, 2.24) is 10.2 Å². The lowest BCUT2D eigenvalue weighted by Crippen LogP contribution is -2.40. The van der Waals surface area contributed by atoms with Gasteiger partial charge in [0.2, 0.25) is 5.91 Å². The van der Waals surface area contributed by atoms with Gasteiger partial charge in [0.25, 0.3) is 0 Å². The van der Waals surface area contributed by atoms with Crippen LogP contribution in [-0.2, 0) is 4.79 Å². The molecule has 1 aromatic carbocycles. The average Bonchev–Trinajstić information content (AvgIpc) is 2.98. The van der Waals surface area contributed by atoms with E-state index in [-0.39, 0.29) is 5.91 Å². The van der Waals surface area contributed by atoms with E-state index in [1.165, 1.54) is 12.8 Å². The van der Waals surface area contributed by atoms with E-state index in [0.29, 0.717) is 6.04 Å². The van der Waals surface area contributed by atoms with Crippen LogP contribution < -0.4 is 5.32 Å². The Morgan fingerprint density at radius 3 is 2.85 bits per heavy atom. The number of amides is 1. The predicted octanol–water partition coefficient (Wildman–Crippen LogP) is 2.69.